The summed E-state index contributed by atoms with van der Waals surface area (Å²) in [6, 6.07) is 0. The third-order valence-electron chi connectivity index (χ3n) is 0.922. The maximum Gasteiger partial charge on any atom is 0.224 e. The van der Waals surface area contributed by atoms with Crippen LogP contribution in [0.5, 0.6) is 0 Å². The molecule has 0 bridgehead atoms. The Morgan fingerprint density at radius 3 is 2.80 bits per heavy atom. The molecule has 0 aromatic heterocycles. The van der Waals surface area contributed by atoms with Crippen LogP contribution in [0.1, 0.15) is 13.3 Å². The lowest BCUT2D eigenvalue weighted by Gasteiger charge is -1.94. The fourth-order valence-corrected chi connectivity index (χ4v) is 0.453. The van der Waals surface area contributed by atoms with Crippen LogP contribution in [-0.2, 0) is 9.59 Å². The normalized spacial score (nSPS) is 9.70. The second-order valence-electron chi connectivity index (χ2n) is 1.74. The van der Waals surface area contributed by atoms with Crippen LogP contribution in [0.2, 0.25) is 0 Å². The van der Waals surface area contributed by atoms with Gasteiger partial charge in [0.25, 0.3) is 0 Å². The first-order valence-corrected chi connectivity index (χ1v) is 3.12. The van der Waals surface area contributed by atoms with Crippen molar-refractivity contribution in [3.8, 4) is 0 Å². The van der Waals surface area contributed by atoms with Gasteiger partial charge in [0.2, 0.25) is 5.91 Å². The van der Waals surface area contributed by atoms with E-state index in [0.29, 0.717) is 12.7 Å². The summed E-state index contributed by atoms with van der Waals surface area (Å²) >= 11 is 0. The molecule has 0 heterocycles. The Labute approximate surface area is 60.1 Å². The molecule has 0 rings (SSSR count). The summed E-state index contributed by atoms with van der Waals surface area (Å²) in [6.45, 7) is 1.95. The monoisotopic (exact) mass is 141 g/mol. The predicted octanol–water partition coefficient (Wildman–Crippen LogP) is 0.268. The van der Waals surface area contributed by atoms with Crippen LogP contribution >= 0.6 is 0 Å². The van der Waals surface area contributed by atoms with E-state index in [1.165, 1.54) is 0 Å². The third-order valence-corrected chi connectivity index (χ3v) is 0.922. The van der Waals surface area contributed by atoms with Crippen LogP contribution in [0, 0.1) is 0 Å². The van der Waals surface area contributed by atoms with Crippen molar-refractivity contribution in [2.75, 3.05) is 6.54 Å². The molecule has 0 radical (unpaired) electrons. The van der Waals surface area contributed by atoms with E-state index in [-0.39, 0.29) is 12.5 Å². The Hall–Kier alpha value is -1.12. The molecule has 0 aromatic carbocycles. The number of hydrogen-bond donors (Lipinski definition) is 1. The quantitative estimate of drug-likeness (QED) is 0.451. The number of aldehydes is 1. The minimum absolute atomic E-state index is 0.108. The lowest BCUT2D eigenvalue weighted by molar-refractivity contribution is -0.121. The van der Waals surface area contributed by atoms with Gasteiger partial charge in [-0.3, -0.25) is 4.79 Å². The second kappa shape index (κ2) is 6.01. The van der Waals surface area contributed by atoms with E-state index in [0.717, 1.165) is 0 Å². The Morgan fingerprint density at radius 1 is 1.60 bits per heavy atom. The van der Waals surface area contributed by atoms with Crippen molar-refractivity contribution >= 4 is 12.2 Å². The van der Waals surface area contributed by atoms with Crippen molar-refractivity contribution in [2.45, 2.75) is 13.3 Å². The molecular weight excluding hydrogens is 130 g/mol. The largest absolute Gasteiger partial charge is 0.349 e. The number of hydrogen-bond acceptors (Lipinski definition) is 2. The number of carbonyl (C=O) groups is 2. The number of amides is 1. The van der Waals surface area contributed by atoms with Crippen molar-refractivity contribution in [1.82, 2.24) is 5.32 Å². The average molecular weight is 141 g/mol. The van der Waals surface area contributed by atoms with Gasteiger partial charge in [-0.25, -0.2) is 0 Å². The second-order valence-corrected chi connectivity index (χ2v) is 1.74. The zero-order valence-electron chi connectivity index (χ0n) is 5.96. The fourth-order valence-electron chi connectivity index (χ4n) is 0.453. The summed E-state index contributed by atoms with van der Waals surface area (Å²) in [7, 11) is 0. The van der Waals surface area contributed by atoms with Gasteiger partial charge in [-0.05, 0) is 6.92 Å². The molecule has 0 atom stereocenters. The van der Waals surface area contributed by atoms with E-state index in [2.05, 4.69) is 5.32 Å². The molecule has 10 heavy (non-hydrogen) atoms. The van der Waals surface area contributed by atoms with Crippen molar-refractivity contribution < 1.29 is 9.59 Å². The number of allylic oxidation sites excluding steroid dienone is 1. The highest BCUT2D eigenvalue weighted by Crippen LogP contribution is 1.80. The van der Waals surface area contributed by atoms with Crippen LogP contribution < -0.4 is 5.32 Å². The standard InChI is InChI=1S/C7H11NO2/c1-2-3-4-7(10)8-5-6-9/h2-3,6H,4-5H2,1H3,(H,8,10)/b3-2+. The molecule has 0 aromatic rings. The molecule has 0 unspecified atom stereocenters. The van der Waals surface area contributed by atoms with Gasteiger partial charge in [-0.2, -0.15) is 0 Å². The number of nitrogens with one attached hydrogen (secondary N) is 1. The molecule has 56 valence electrons. The Kier molecular flexibility index (Phi) is 5.33. The minimum Gasteiger partial charge on any atom is -0.349 e. The fraction of sp³-hybridized carbons (Fsp3) is 0.429. The van der Waals surface area contributed by atoms with Crippen molar-refractivity contribution in [3.05, 3.63) is 12.2 Å². The molecule has 0 aliphatic rings. The molecule has 1 N–H and O–H groups in total. The molecule has 0 aliphatic carbocycles. The lowest BCUT2D eigenvalue weighted by atomic mass is 10.3. The summed E-state index contributed by atoms with van der Waals surface area (Å²) in [6.07, 6.45) is 4.54. The lowest BCUT2D eigenvalue weighted by Crippen LogP contribution is -2.24. The van der Waals surface area contributed by atoms with E-state index < -0.39 is 0 Å². The van der Waals surface area contributed by atoms with E-state index in [9.17, 15) is 9.59 Å². The number of carbonyl (C=O) groups excluding carboxylic acids is 2. The van der Waals surface area contributed by atoms with E-state index in [1.807, 2.05) is 6.92 Å². The summed E-state index contributed by atoms with van der Waals surface area (Å²) in [4.78, 5) is 20.4. The minimum atomic E-state index is -0.120. The van der Waals surface area contributed by atoms with Gasteiger partial charge >= 0.3 is 0 Å². The zero-order valence-corrected chi connectivity index (χ0v) is 5.96. The van der Waals surface area contributed by atoms with Gasteiger partial charge in [-0.1, -0.05) is 12.2 Å². The van der Waals surface area contributed by atoms with E-state index in [4.69, 9.17) is 0 Å². The molecule has 3 heteroatoms. The zero-order chi connectivity index (χ0) is 7.82. The first kappa shape index (κ1) is 8.88. The third kappa shape index (κ3) is 5.03. The summed E-state index contributed by atoms with van der Waals surface area (Å²) in [5, 5.41) is 2.41. The van der Waals surface area contributed by atoms with Gasteiger partial charge in [0.1, 0.15) is 6.29 Å². The smallest absolute Gasteiger partial charge is 0.224 e. The first-order chi connectivity index (χ1) is 4.81. The molecule has 1 amide bonds. The summed E-state index contributed by atoms with van der Waals surface area (Å²) in [5.74, 6) is -0.120. The van der Waals surface area contributed by atoms with Crippen LogP contribution in [0.25, 0.3) is 0 Å². The molecule has 3 nitrogen and oxygen atoms in total. The summed E-state index contributed by atoms with van der Waals surface area (Å²) in [5.41, 5.74) is 0. The van der Waals surface area contributed by atoms with Crippen LogP contribution in [0.4, 0.5) is 0 Å². The Bertz CT molecular complexity index is 141. The van der Waals surface area contributed by atoms with E-state index in [1.54, 1.807) is 12.2 Å². The summed E-state index contributed by atoms with van der Waals surface area (Å²) < 4.78 is 0. The number of rotatable bonds is 4. The Balaban J connectivity index is 3.34. The highest BCUT2D eigenvalue weighted by Gasteiger charge is 1.93. The van der Waals surface area contributed by atoms with Gasteiger partial charge in [0.05, 0.1) is 6.54 Å². The van der Waals surface area contributed by atoms with Gasteiger partial charge in [0, 0.05) is 6.42 Å². The van der Waals surface area contributed by atoms with Crippen LogP contribution in [-0.4, -0.2) is 18.7 Å². The van der Waals surface area contributed by atoms with E-state index >= 15 is 0 Å². The van der Waals surface area contributed by atoms with Gasteiger partial charge in [0.15, 0.2) is 0 Å². The SMILES string of the molecule is C/C=C/CC(=O)NCC=O. The molecule has 0 saturated heterocycles. The molecule has 0 spiro atoms. The predicted molar refractivity (Wildman–Crippen MR) is 38.5 cm³/mol. The highest BCUT2D eigenvalue weighted by atomic mass is 16.2. The van der Waals surface area contributed by atoms with Crippen molar-refractivity contribution in [1.29, 1.82) is 0 Å². The van der Waals surface area contributed by atoms with Gasteiger partial charge < -0.3 is 10.1 Å². The Morgan fingerprint density at radius 2 is 2.30 bits per heavy atom. The van der Waals surface area contributed by atoms with Crippen molar-refractivity contribution in [3.63, 3.8) is 0 Å². The van der Waals surface area contributed by atoms with Crippen molar-refractivity contribution in [2.24, 2.45) is 0 Å². The molecule has 0 saturated carbocycles. The maximum atomic E-state index is 10.6. The molecule has 0 aliphatic heterocycles. The van der Waals surface area contributed by atoms with Crippen LogP contribution in [0.3, 0.4) is 0 Å². The van der Waals surface area contributed by atoms with Crippen LogP contribution in [0.15, 0.2) is 12.2 Å². The molecular formula is C7H11NO2. The molecule has 0 fully saturated rings. The first-order valence-electron chi connectivity index (χ1n) is 3.12. The average Bonchev–Trinajstić information content (AvgIpc) is 1.97. The highest BCUT2D eigenvalue weighted by molar-refractivity contribution is 5.79. The van der Waals surface area contributed by atoms with Gasteiger partial charge in [-0.15, -0.1) is 0 Å². The topological polar surface area (TPSA) is 46.2 Å². The maximum absolute atomic E-state index is 10.6.